The van der Waals surface area contributed by atoms with E-state index in [9.17, 15) is 9.18 Å². The number of hydrogen-bond acceptors (Lipinski definition) is 4. The van der Waals surface area contributed by atoms with Crippen LogP contribution in [-0.2, 0) is 11.2 Å². The van der Waals surface area contributed by atoms with Crippen LogP contribution in [0.25, 0.3) is 0 Å². The Balaban J connectivity index is 1.56. The molecule has 2 N–H and O–H groups in total. The number of aromatic nitrogens is 2. The van der Waals surface area contributed by atoms with Crippen LogP contribution in [0.5, 0.6) is 0 Å². The predicted octanol–water partition coefficient (Wildman–Crippen LogP) is 3.86. The average molecular weight is 396 g/mol. The molecule has 4 rings (SSSR count). The van der Waals surface area contributed by atoms with Crippen molar-refractivity contribution in [3.05, 3.63) is 77.6 Å². The lowest BCUT2D eigenvalue weighted by Gasteiger charge is -2.34. The van der Waals surface area contributed by atoms with Gasteiger partial charge in [0.05, 0.1) is 24.6 Å². The molecule has 1 unspecified atom stereocenters. The Kier molecular flexibility index (Phi) is 5.45. The summed E-state index contributed by atoms with van der Waals surface area (Å²) >= 11 is 1.63. The number of rotatable bonds is 5. The number of nitrogens with one attached hydrogen (secondary N) is 2. The second-order valence-electron chi connectivity index (χ2n) is 6.72. The fraction of sp³-hybridized carbons (Fsp3) is 0.238. The Labute approximate surface area is 167 Å². The van der Waals surface area contributed by atoms with E-state index >= 15 is 0 Å². The largest absolute Gasteiger partial charge is 0.348 e. The molecule has 5 nitrogen and oxygen atoms in total. The molecular weight excluding hydrogens is 375 g/mol. The minimum absolute atomic E-state index is 0.0985. The van der Waals surface area contributed by atoms with Gasteiger partial charge >= 0.3 is 0 Å². The summed E-state index contributed by atoms with van der Waals surface area (Å²) in [4.78, 5) is 23.5. The molecule has 0 spiro atoms. The van der Waals surface area contributed by atoms with E-state index in [4.69, 9.17) is 0 Å². The van der Waals surface area contributed by atoms with Crippen molar-refractivity contribution in [2.24, 2.45) is 0 Å². The monoisotopic (exact) mass is 396 g/mol. The smallest absolute Gasteiger partial charge is 0.238 e. The molecule has 7 heteroatoms. The Morgan fingerprint density at radius 1 is 1.32 bits per heavy atom. The molecule has 2 heterocycles. The number of H-pyrrole nitrogens is 1. The maximum Gasteiger partial charge on any atom is 0.238 e. The van der Waals surface area contributed by atoms with Gasteiger partial charge in [-0.15, -0.1) is 11.8 Å². The third-order valence-electron chi connectivity index (χ3n) is 4.89. The summed E-state index contributed by atoms with van der Waals surface area (Å²) in [5, 5.41) is 2.97. The average Bonchev–Trinajstić information content (AvgIpc) is 3.16. The summed E-state index contributed by atoms with van der Waals surface area (Å²) in [6, 6.07) is 14.0. The minimum atomic E-state index is -0.293. The van der Waals surface area contributed by atoms with Crippen LogP contribution in [0.15, 0.2) is 59.8 Å². The molecule has 1 atom stereocenters. The standard InChI is InChI=1S/C21H21FN4OS/c1-28-17-7-3-6-16(11-17)25-19(27)12-26-9-8-18-20(24-13-23-18)21(26)14-4-2-5-15(22)10-14/h2-7,10-11,13,21H,8-9,12H2,1H3,(H,23,24)(H,25,27). The summed E-state index contributed by atoms with van der Waals surface area (Å²) in [7, 11) is 0. The lowest BCUT2D eigenvalue weighted by molar-refractivity contribution is -0.117. The molecule has 0 saturated carbocycles. The Morgan fingerprint density at radius 2 is 2.18 bits per heavy atom. The Morgan fingerprint density at radius 3 is 3.00 bits per heavy atom. The Bertz CT molecular complexity index is 990. The Hall–Kier alpha value is -2.64. The minimum Gasteiger partial charge on any atom is -0.348 e. The highest BCUT2D eigenvalue weighted by atomic mass is 32.2. The van der Waals surface area contributed by atoms with Crippen molar-refractivity contribution < 1.29 is 9.18 Å². The highest BCUT2D eigenvalue weighted by molar-refractivity contribution is 7.98. The number of hydrogen-bond donors (Lipinski definition) is 2. The van der Waals surface area contributed by atoms with E-state index < -0.39 is 0 Å². The quantitative estimate of drug-likeness (QED) is 0.643. The molecule has 3 aromatic rings. The number of fused-ring (bicyclic) bond motifs is 1. The molecule has 144 valence electrons. The normalized spacial score (nSPS) is 16.6. The molecule has 0 radical (unpaired) electrons. The number of thioether (sulfide) groups is 1. The third-order valence-corrected chi connectivity index (χ3v) is 5.61. The van der Waals surface area contributed by atoms with Crippen molar-refractivity contribution in [2.45, 2.75) is 17.4 Å². The molecule has 1 aromatic heterocycles. The van der Waals surface area contributed by atoms with Crippen LogP contribution in [0, 0.1) is 5.82 Å². The van der Waals surface area contributed by atoms with E-state index in [-0.39, 0.29) is 24.3 Å². The maximum absolute atomic E-state index is 13.8. The number of benzene rings is 2. The van der Waals surface area contributed by atoms with E-state index in [1.807, 2.05) is 41.5 Å². The van der Waals surface area contributed by atoms with Crippen LogP contribution in [0.1, 0.15) is 23.0 Å². The number of anilines is 1. The number of halogens is 1. The summed E-state index contributed by atoms with van der Waals surface area (Å²) < 4.78 is 13.8. The van der Waals surface area contributed by atoms with Crippen molar-refractivity contribution in [3.8, 4) is 0 Å². The van der Waals surface area contributed by atoms with Crippen molar-refractivity contribution in [1.29, 1.82) is 0 Å². The molecule has 0 bridgehead atoms. The van der Waals surface area contributed by atoms with E-state index in [0.717, 1.165) is 34.0 Å². The lowest BCUT2D eigenvalue weighted by Crippen LogP contribution is -2.41. The molecule has 28 heavy (non-hydrogen) atoms. The molecule has 0 fully saturated rings. The zero-order chi connectivity index (χ0) is 19.5. The first-order valence-corrected chi connectivity index (χ1v) is 10.3. The van der Waals surface area contributed by atoms with Gasteiger partial charge in [-0.25, -0.2) is 9.37 Å². The van der Waals surface area contributed by atoms with Gasteiger partial charge in [-0.3, -0.25) is 9.69 Å². The topological polar surface area (TPSA) is 61.0 Å². The molecule has 0 saturated heterocycles. The highest BCUT2D eigenvalue weighted by Crippen LogP contribution is 2.33. The van der Waals surface area contributed by atoms with E-state index in [2.05, 4.69) is 15.3 Å². The number of nitrogens with zero attached hydrogens (tertiary/aromatic N) is 2. The van der Waals surface area contributed by atoms with Crippen LogP contribution in [0.3, 0.4) is 0 Å². The van der Waals surface area contributed by atoms with E-state index in [0.29, 0.717) is 6.54 Å². The SMILES string of the molecule is CSc1cccc(NC(=O)CN2CCc3[nH]cnc3C2c2cccc(F)c2)c1. The molecule has 1 aliphatic heterocycles. The second kappa shape index (κ2) is 8.16. The first-order chi connectivity index (χ1) is 13.6. The van der Waals surface area contributed by atoms with Crippen LogP contribution < -0.4 is 5.32 Å². The van der Waals surface area contributed by atoms with Gasteiger partial charge in [0.25, 0.3) is 0 Å². The fourth-order valence-electron chi connectivity index (χ4n) is 3.63. The molecule has 1 aliphatic rings. The second-order valence-corrected chi connectivity index (χ2v) is 7.60. The van der Waals surface area contributed by atoms with Gasteiger partial charge in [-0.1, -0.05) is 18.2 Å². The molecule has 2 aromatic carbocycles. The number of carbonyl (C=O) groups excluding carboxylic acids is 1. The third kappa shape index (κ3) is 3.95. The molecule has 1 amide bonds. The van der Waals surface area contributed by atoms with Gasteiger partial charge in [0, 0.05) is 29.2 Å². The zero-order valence-corrected chi connectivity index (χ0v) is 16.3. The first kappa shape index (κ1) is 18.7. The fourth-order valence-corrected chi connectivity index (χ4v) is 4.09. The van der Waals surface area contributed by atoms with Crippen LogP contribution in [0.2, 0.25) is 0 Å². The highest BCUT2D eigenvalue weighted by Gasteiger charge is 2.32. The number of imidazole rings is 1. The van der Waals surface area contributed by atoms with Crippen molar-refractivity contribution in [1.82, 2.24) is 14.9 Å². The van der Waals surface area contributed by atoms with Crippen molar-refractivity contribution >= 4 is 23.4 Å². The summed E-state index contributed by atoms with van der Waals surface area (Å²) in [6.07, 6.45) is 4.44. The first-order valence-electron chi connectivity index (χ1n) is 9.09. The number of amides is 1. The summed E-state index contributed by atoms with van der Waals surface area (Å²) in [5.41, 5.74) is 3.47. The summed E-state index contributed by atoms with van der Waals surface area (Å²) in [5.74, 6) is -0.392. The van der Waals surface area contributed by atoms with Crippen molar-refractivity contribution in [2.75, 3.05) is 24.7 Å². The zero-order valence-electron chi connectivity index (χ0n) is 15.5. The van der Waals surface area contributed by atoms with Crippen LogP contribution >= 0.6 is 11.8 Å². The van der Waals surface area contributed by atoms with Gasteiger partial charge in [-0.05, 0) is 42.2 Å². The van der Waals surface area contributed by atoms with Gasteiger partial charge < -0.3 is 10.3 Å². The van der Waals surface area contributed by atoms with Crippen LogP contribution in [-0.4, -0.2) is 40.1 Å². The van der Waals surface area contributed by atoms with Crippen molar-refractivity contribution in [3.63, 3.8) is 0 Å². The van der Waals surface area contributed by atoms with E-state index in [1.54, 1.807) is 24.2 Å². The molecule has 0 aliphatic carbocycles. The molecular formula is C21H21FN4OS. The predicted molar refractivity (Wildman–Crippen MR) is 109 cm³/mol. The van der Waals surface area contributed by atoms with Gasteiger partial charge in [0.15, 0.2) is 0 Å². The van der Waals surface area contributed by atoms with Gasteiger partial charge in [0.1, 0.15) is 5.82 Å². The summed E-state index contributed by atoms with van der Waals surface area (Å²) in [6.45, 7) is 0.894. The maximum atomic E-state index is 13.8. The lowest BCUT2D eigenvalue weighted by atomic mass is 9.95. The number of carbonyl (C=O) groups is 1. The van der Waals surface area contributed by atoms with Gasteiger partial charge in [0.2, 0.25) is 5.91 Å². The van der Waals surface area contributed by atoms with E-state index in [1.165, 1.54) is 12.1 Å². The van der Waals surface area contributed by atoms with Crippen LogP contribution in [0.4, 0.5) is 10.1 Å². The number of aromatic amines is 1. The van der Waals surface area contributed by atoms with Gasteiger partial charge in [-0.2, -0.15) is 0 Å².